The van der Waals surface area contributed by atoms with Crippen molar-refractivity contribution in [1.82, 2.24) is 10.6 Å². The normalized spacial score (nSPS) is 13.4. The van der Waals surface area contributed by atoms with Gasteiger partial charge in [-0.25, -0.2) is 9.59 Å². The van der Waals surface area contributed by atoms with E-state index in [0.29, 0.717) is 0 Å². The molecular weight excluding hydrogens is 476 g/mol. The van der Waals surface area contributed by atoms with Crippen LogP contribution in [0.25, 0.3) is 0 Å². The summed E-state index contributed by atoms with van der Waals surface area (Å²) in [6.07, 6.45) is -0.465. The van der Waals surface area contributed by atoms with Gasteiger partial charge in [0.15, 0.2) is 8.32 Å². The summed E-state index contributed by atoms with van der Waals surface area (Å²) in [6.45, 7) is 10.7. The van der Waals surface area contributed by atoms with Gasteiger partial charge in [-0.15, -0.1) is 0 Å². The highest BCUT2D eigenvalue weighted by Gasteiger charge is 2.37. The van der Waals surface area contributed by atoms with E-state index < -0.39 is 38.4 Å². The summed E-state index contributed by atoms with van der Waals surface area (Å²) >= 11 is 0. The summed E-state index contributed by atoms with van der Waals surface area (Å²) in [5.41, 5.74) is 1.62. The Morgan fingerprint density at radius 3 is 1.97 bits per heavy atom. The zero-order chi connectivity index (χ0) is 26.8. The van der Waals surface area contributed by atoms with Gasteiger partial charge in [0, 0.05) is 19.4 Å². The van der Waals surface area contributed by atoms with Crippen molar-refractivity contribution < 1.29 is 28.7 Å². The van der Waals surface area contributed by atoms with E-state index in [1.165, 1.54) is 0 Å². The predicted octanol–water partition coefficient (Wildman–Crippen LogP) is 4.51. The summed E-state index contributed by atoms with van der Waals surface area (Å²) in [5.74, 6) is -1.76. The number of hydrogen-bond donors (Lipinski definition) is 3. The quantitative estimate of drug-likeness (QED) is 0.359. The number of ether oxygens (including phenoxy) is 1. The maximum atomic E-state index is 13.1. The van der Waals surface area contributed by atoms with Crippen molar-refractivity contribution >= 4 is 26.3 Å². The Morgan fingerprint density at radius 1 is 0.889 bits per heavy atom. The van der Waals surface area contributed by atoms with Gasteiger partial charge in [-0.2, -0.15) is 0 Å². The van der Waals surface area contributed by atoms with Gasteiger partial charge in [-0.1, -0.05) is 81.4 Å². The minimum atomic E-state index is -2.06. The maximum absolute atomic E-state index is 13.1. The third-order valence-corrected chi connectivity index (χ3v) is 10.9. The summed E-state index contributed by atoms with van der Waals surface area (Å²) < 4.78 is 11.4. The fourth-order valence-electron chi connectivity index (χ4n) is 3.14. The first kappa shape index (κ1) is 29.1. The minimum Gasteiger partial charge on any atom is -0.480 e. The van der Waals surface area contributed by atoms with Gasteiger partial charge < -0.3 is 24.9 Å². The molecule has 0 unspecified atom stereocenters. The molecule has 2 rings (SSSR count). The molecule has 0 radical (unpaired) electrons. The van der Waals surface area contributed by atoms with E-state index in [0.717, 1.165) is 11.1 Å². The number of carboxylic acids is 1. The van der Waals surface area contributed by atoms with Crippen LogP contribution in [-0.2, 0) is 31.8 Å². The Labute approximate surface area is 214 Å². The molecule has 2 atom stereocenters. The number of carbonyl (C=O) groups is 3. The monoisotopic (exact) mass is 514 g/mol. The summed E-state index contributed by atoms with van der Waals surface area (Å²) in [7, 11) is -2.06. The van der Waals surface area contributed by atoms with Gasteiger partial charge in [0.1, 0.15) is 18.7 Å². The van der Waals surface area contributed by atoms with E-state index in [4.69, 9.17) is 9.16 Å². The van der Waals surface area contributed by atoms with Crippen LogP contribution in [0.15, 0.2) is 60.7 Å². The Morgan fingerprint density at radius 2 is 1.44 bits per heavy atom. The Kier molecular flexibility index (Phi) is 10.7. The van der Waals surface area contributed by atoms with Crippen LogP contribution in [0.2, 0.25) is 18.1 Å². The smallest absolute Gasteiger partial charge is 0.408 e. The second-order valence-corrected chi connectivity index (χ2v) is 15.1. The number of benzene rings is 2. The number of amides is 2. The van der Waals surface area contributed by atoms with E-state index in [2.05, 4.69) is 44.5 Å². The third-order valence-electron chi connectivity index (χ3n) is 6.39. The van der Waals surface area contributed by atoms with Crippen LogP contribution in [-0.4, -0.2) is 50.1 Å². The number of alkyl carbamates (subject to hydrolysis) is 1. The predicted molar refractivity (Wildman–Crippen MR) is 141 cm³/mol. The van der Waals surface area contributed by atoms with Gasteiger partial charge in [0.05, 0.1) is 0 Å². The van der Waals surface area contributed by atoms with Crippen LogP contribution in [0.5, 0.6) is 0 Å². The molecule has 0 aromatic heterocycles. The van der Waals surface area contributed by atoms with E-state index in [9.17, 15) is 19.5 Å². The van der Waals surface area contributed by atoms with Crippen molar-refractivity contribution in [3.8, 4) is 0 Å². The zero-order valence-corrected chi connectivity index (χ0v) is 22.7. The molecule has 8 nitrogen and oxygen atoms in total. The SMILES string of the molecule is CC(C)(C)[Si](C)(C)OCC[C@@H](NC(=O)[C@H](Cc1ccccc1)NC(=O)OCc1ccccc1)C(=O)O. The second-order valence-electron chi connectivity index (χ2n) is 10.2. The zero-order valence-electron chi connectivity index (χ0n) is 21.7. The lowest BCUT2D eigenvalue weighted by atomic mass is 10.0. The Hall–Kier alpha value is -3.17. The van der Waals surface area contributed by atoms with Gasteiger partial charge in [-0.3, -0.25) is 4.79 Å². The standard InChI is InChI=1S/C27H38N2O6Si/c1-27(2,3)36(4,5)35-17-16-22(25(31)32)28-24(30)23(18-20-12-8-6-9-13-20)29-26(33)34-19-21-14-10-7-11-15-21/h6-15,22-23H,16-19H2,1-5H3,(H,28,30)(H,29,33)(H,31,32)/t22-,23+/m1/s1. The molecule has 0 aliphatic carbocycles. The summed E-state index contributed by atoms with van der Waals surface area (Å²) in [4.78, 5) is 37.5. The lowest BCUT2D eigenvalue weighted by Crippen LogP contribution is -2.53. The molecule has 0 aliphatic rings. The van der Waals surface area contributed by atoms with Crippen molar-refractivity contribution in [3.63, 3.8) is 0 Å². The summed E-state index contributed by atoms with van der Waals surface area (Å²) in [6, 6.07) is 16.2. The fourth-order valence-corrected chi connectivity index (χ4v) is 4.21. The van der Waals surface area contributed by atoms with Gasteiger partial charge >= 0.3 is 12.1 Å². The van der Waals surface area contributed by atoms with Crippen molar-refractivity contribution in [3.05, 3.63) is 71.8 Å². The van der Waals surface area contributed by atoms with Gasteiger partial charge in [0.2, 0.25) is 5.91 Å². The Bertz CT molecular complexity index is 992. The molecule has 9 heteroatoms. The third kappa shape index (κ3) is 9.47. The average molecular weight is 515 g/mol. The van der Waals surface area contributed by atoms with Crippen LogP contribution in [0.1, 0.15) is 38.3 Å². The first-order valence-corrected chi connectivity index (χ1v) is 15.0. The molecule has 2 amide bonds. The van der Waals surface area contributed by atoms with Gasteiger partial charge in [-0.05, 0) is 29.3 Å². The first-order chi connectivity index (χ1) is 16.9. The second kappa shape index (κ2) is 13.2. The van der Waals surface area contributed by atoms with Crippen LogP contribution in [0.4, 0.5) is 4.79 Å². The molecule has 0 heterocycles. The molecule has 0 spiro atoms. The fraction of sp³-hybridized carbons (Fsp3) is 0.444. The maximum Gasteiger partial charge on any atom is 0.408 e. The average Bonchev–Trinajstić information content (AvgIpc) is 2.82. The number of aliphatic carboxylic acids is 1. The number of rotatable bonds is 12. The number of carboxylic acid groups (broad SMARTS) is 1. The number of nitrogens with one attached hydrogen (secondary N) is 2. The number of hydrogen-bond acceptors (Lipinski definition) is 5. The molecule has 2 aromatic carbocycles. The molecule has 36 heavy (non-hydrogen) atoms. The molecule has 0 fully saturated rings. The molecule has 0 aliphatic heterocycles. The first-order valence-electron chi connectivity index (χ1n) is 12.1. The highest BCUT2D eigenvalue weighted by atomic mass is 28.4. The molecule has 0 saturated heterocycles. The molecule has 2 aromatic rings. The lowest BCUT2D eigenvalue weighted by Gasteiger charge is -2.36. The van der Waals surface area contributed by atoms with Crippen molar-refractivity contribution in [1.29, 1.82) is 0 Å². The van der Waals surface area contributed by atoms with Crippen molar-refractivity contribution in [2.75, 3.05) is 6.61 Å². The molecule has 0 saturated carbocycles. The van der Waals surface area contributed by atoms with Crippen LogP contribution in [0, 0.1) is 0 Å². The Balaban J connectivity index is 2.04. The highest BCUT2D eigenvalue weighted by Crippen LogP contribution is 2.36. The van der Waals surface area contributed by atoms with Crippen molar-refractivity contribution in [2.45, 2.75) is 70.4 Å². The molecule has 3 N–H and O–H groups in total. The van der Waals surface area contributed by atoms with Crippen molar-refractivity contribution in [2.24, 2.45) is 0 Å². The van der Waals surface area contributed by atoms with E-state index in [1.807, 2.05) is 60.7 Å². The molecule has 0 bridgehead atoms. The summed E-state index contributed by atoms with van der Waals surface area (Å²) in [5, 5.41) is 14.8. The van der Waals surface area contributed by atoms with E-state index in [-0.39, 0.29) is 31.1 Å². The van der Waals surface area contributed by atoms with Crippen LogP contribution >= 0.6 is 0 Å². The number of carbonyl (C=O) groups excluding carboxylic acids is 2. The van der Waals surface area contributed by atoms with E-state index >= 15 is 0 Å². The topological polar surface area (TPSA) is 114 Å². The van der Waals surface area contributed by atoms with Gasteiger partial charge in [0.25, 0.3) is 0 Å². The van der Waals surface area contributed by atoms with E-state index in [1.54, 1.807) is 0 Å². The highest BCUT2D eigenvalue weighted by molar-refractivity contribution is 6.74. The molecular formula is C27H38N2O6Si. The lowest BCUT2D eigenvalue weighted by molar-refractivity contribution is -0.142. The van der Waals surface area contributed by atoms with Crippen LogP contribution < -0.4 is 10.6 Å². The minimum absolute atomic E-state index is 0.0141. The largest absolute Gasteiger partial charge is 0.480 e. The molecule has 196 valence electrons. The van der Waals surface area contributed by atoms with Crippen LogP contribution in [0.3, 0.4) is 0 Å².